The van der Waals surface area contributed by atoms with Crippen molar-refractivity contribution in [3.8, 4) is 22.3 Å². The van der Waals surface area contributed by atoms with Gasteiger partial charge in [-0.25, -0.2) is 0 Å². The molecule has 0 amide bonds. The molecular weight excluding hydrogens is 663 g/mol. The predicted octanol–water partition coefficient (Wildman–Crippen LogP) is 14.5. The molecule has 1 spiro atoms. The molecule has 1 heteroatoms. The maximum Gasteiger partial charge on any atom is 0.0726 e. The van der Waals surface area contributed by atoms with E-state index in [1.54, 1.807) is 5.57 Å². The van der Waals surface area contributed by atoms with Crippen LogP contribution in [0, 0.1) is 5.92 Å². The topological polar surface area (TPSA) is 3.24 Å². The van der Waals surface area contributed by atoms with Gasteiger partial charge in [0.05, 0.1) is 11.1 Å². The van der Waals surface area contributed by atoms with Gasteiger partial charge >= 0.3 is 0 Å². The lowest BCUT2D eigenvalue weighted by molar-refractivity contribution is 0.607. The third-order valence-electron chi connectivity index (χ3n) is 12.7. The Kier molecular flexibility index (Phi) is 7.69. The van der Waals surface area contributed by atoms with E-state index in [-0.39, 0.29) is 5.41 Å². The molecule has 4 aliphatic carbocycles. The Morgan fingerprint density at radius 1 is 0.618 bits per heavy atom. The van der Waals surface area contributed by atoms with Crippen molar-refractivity contribution in [2.24, 2.45) is 5.92 Å². The summed E-state index contributed by atoms with van der Waals surface area (Å²) < 4.78 is 0. The number of hydrogen-bond donors (Lipinski definition) is 0. The molecule has 0 atom stereocenters. The first-order chi connectivity index (χ1) is 26.8. The Labute approximate surface area is 326 Å². The molecule has 0 N–H and O–H groups in total. The highest BCUT2D eigenvalue weighted by Gasteiger charge is 2.51. The second-order valence-corrected chi connectivity index (χ2v) is 16.5. The summed E-state index contributed by atoms with van der Waals surface area (Å²) in [6, 6.07) is 50.8. The van der Waals surface area contributed by atoms with Crippen LogP contribution >= 0.6 is 0 Å². The molecule has 10 rings (SSSR count). The molecule has 4 aliphatic rings. The Hall–Kier alpha value is -5.92. The minimum absolute atomic E-state index is 0.0365. The highest BCUT2D eigenvalue weighted by atomic mass is 15.1. The van der Waals surface area contributed by atoms with Crippen molar-refractivity contribution in [1.82, 2.24) is 0 Å². The zero-order valence-electron chi connectivity index (χ0n) is 32.5. The number of hydrogen-bond acceptors (Lipinski definition) is 1. The highest BCUT2D eigenvalue weighted by Crippen LogP contribution is 2.63. The monoisotopic (exact) mass is 709 g/mol. The van der Waals surface area contributed by atoms with E-state index in [0.29, 0.717) is 5.92 Å². The normalized spacial score (nSPS) is 16.7. The summed E-state index contributed by atoms with van der Waals surface area (Å²) in [5.74, 6) is 0.403. The van der Waals surface area contributed by atoms with Gasteiger partial charge in [0.1, 0.15) is 0 Å². The van der Waals surface area contributed by atoms with Crippen molar-refractivity contribution < 1.29 is 0 Å². The summed E-state index contributed by atoms with van der Waals surface area (Å²) in [6.07, 6.45) is 13.8. The van der Waals surface area contributed by atoms with Crippen LogP contribution in [0.4, 0.5) is 17.1 Å². The lowest BCUT2D eigenvalue weighted by Gasteiger charge is -2.33. The van der Waals surface area contributed by atoms with Crippen molar-refractivity contribution in [1.29, 1.82) is 0 Å². The summed E-state index contributed by atoms with van der Waals surface area (Å²) in [7, 11) is 0. The van der Waals surface area contributed by atoms with Crippen LogP contribution in [-0.4, -0.2) is 0 Å². The fourth-order valence-corrected chi connectivity index (χ4v) is 10.5. The van der Waals surface area contributed by atoms with Crippen molar-refractivity contribution in [3.63, 3.8) is 0 Å². The number of fused-ring (bicyclic) bond motifs is 12. The Morgan fingerprint density at radius 3 is 1.78 bits per heavy atom. The quantitative estimate of drug-likeness (QED) is 0.155. The van der Waals surface area contributed by atoms with Crippen LogP contribution in [0.15, 0.2) is 169 Å². The molecule has 0 saturated carbocycles. The van der Waals surface area contributed by atoms with Gasteiger partial charge in [0.2, 0.25) is 0 Å². The van der Waals surface area contributed by atoms with Crippen molar-refractivity contribution in [3.05, 3.63) is 208 Å². The fourth-order valence-electron chi connectivity index (χ4n) is 10.5. The van der Waals surface area contributed by atoms with E-state index in [1.807, 2.05) is 0 Å². The summed E-state index contributed by atoms with van der Waals surface area (Å²) in [5.41, 5.74) is 22.1. The largest absolute Gasteiger partial charge is 0.310 e. The highest BCUT2D eigenvalue weighted by molar-refractivity contribution is 5.97. The number of allylic oxidation sites excluding steroid dienone is 8. The summed E-state index contributed by atoms with van der Waals surface area (Å²) in [6.45, 7) is 11.5. The van der Waals surface area contributed by atoms with E-state index in [9.17, 15) is 0 Å². The van der Waals surface area contributed by atoms with E-state index in [0.717, 1.165) is 18.5 Å². The van der Waals surface area contributed by atoms with Crippen LogP contribution in [0.3, 0.4) is 0 Å². The van der Waals surface area contributed by atoms with Gasteiger partial charge in [-0.2, -0.15) is 0 Å². The average Bonchev–Trinajstić information content (AvgIpc) is 3.76. The van der Waals surface area contributed by atoms with Gasteiger partial charge in [0.25, 0.3) is 0 Å². The zero-order valence-corrected chi connectivity index (χ0v) is 32.5. The molecule has 268 valence electrons. The van der Waals surface area contributed by atoms with Gasteiger partial charge in [0.15, 0.2) is 0 Å². The molecule has 55 heavy (non-hydrogen) atoms. The maximum atomic E-state index is 2.54. The number of nitrogens with zero attached hydrogens (tertiary/aromatic N) is 1. The number of para-hydroxylation sites is 1. The number of rotatable bonds is 6. The zero-order chi connectivity index (χ0) is 37.5. The second-order valence-electron chi connectivity index (χ2n) is 16.5. The van der Waals surface area contributed by atoms with Crippen molar-refractivity contribution in [2.75, 3.05) is 4.90 Å². The second kappa shape index (κ2) is 12.6. The molecule has 0 aliphatic heterocycles. The van der Waals surface area contributed by atoms with E-state index >= 15 is 0 Å². The molecule has 0 radical (unpaired) electrons. The molecule has 0 bridgehead atoms. The molecular formula is C54H47N. The first kappa shape index (κ1) is 33.6. The Balaban J connectivity index is 1.26. The van der Waals surface area contributed by atoms with Crippen LogP contribution in [0.2, 0.25) is 0 Å². The maximum absolute atomic E-state index is 2.54. The van der Waals surface area contributed by atoms with Crippen molar-refractivity contribution >= 4 is 28.2 Å². The minimum atomic E-state index is -0.413. The lowest BCUT2D eigenvalue weighted by Crippen LogP contribution is -2.26. The van der Waals surface area contributed by atoms with Gasteiger partial charge in [-0.05, 0) is 123 Å². The van der Waals surface area contributed by atoms with E-state index in [4.69, 9.17) is 0 Å². The minimum Gasteiger partial charge on any atom is -0.310 e. The van der Waals surface area contributed by atoms with E-state index in [1.165, 1.54) is 83.7 Å². The molecule has 1 nitrogen and oxygen atoms in total. The van der Waals surface area contributed by atoms with Crippen molar-refractivity contribution in [2.45, 2.75) is 58.3 Å². The van der Waals surface area contributed by atoms with Gasteiger partial charge < -0.3 is 4.90 Å². The van der Waals surface area contributed by atoms with Crippen LogP contribution in [0.1, 0.15) is 86.4 Å². The van der Waals surface area contributed by atoms with Crippen LogP contribution in [0.5, 0.6) is 0 Å². The summed E-state index contributed by atoms with van der Waals surface area (Å²) >= 11 is 0. The molecule has 0 aromatic heterocycles. The average molecular weight is 710 g/mol. The summed E-state index contributed by atoms with van der Waals surface area (Å²) in [4.78, 5) is 2.54. The fraction of sp³-hybridized carbons (Fsp3) is 0.185. The Bertz CT molecular complexity index is 2610. The van der Waals surface area contributed by atoms with Gasteiger partial charge in [-0.1, -0.05) is 167 Å². The molecule has 6 aromatic carbocycles. The third kappa shape index (κ3) is 4.78. The number of benzene rings is 6. The SMILES string of the molecule is C/C=C\C(=C/C(C)C)c1ccccc1N(c1ccc2c(c1)C(C)(C)C1=C2C=CCC1)c1ccc2c(c1)C1(c3ccccc3-c3ccccc31)c1ccccc1-2. The predicted molar refractivity (Wildman–Crippen MR) is 233 cm³/mol. The Morgan fingerprint density at radius 2 is 1.16 bits per heavy atom. The molecule has 0 heterocycles. The smallest absolute Gasteiger partial charge is 0.0726 e. The first-order valence-corrected chi connectivity index (χ1v) is 20.1. The first-order valence-electron chi connectivity index (χ1n) is 20.1. The molecule has 6 aromatic rings. The van der Waals surface area contributed by atoms with Crippen LogP contribution in [-0.2, 0) is 10.8 Å². The van der Waals surface area contributed by atoms with E-state index in [2.05, 4.69) is 203 Å². The van der Waals surface area contributed by atoms with Gasteiger partial charge in [0, 0.05) is 22.4 Å². The molecule has 0 fully saturated rings. The molecule has 0 unspecified atom stereocenters. The standard InChI is InChI=1S/C54H47N/c1-6-17-36(32-35(2)3)39-18-11-16-27-52(39)55(37-28-30-44-40-19-7-12-23-46(40)53(4,5)50(44)33-37)38-29-31-45-43-22-10-15-26-49(43)54(51(45)34-38)47-24-13-8-20-41(47)42-21-9-14-25-48(42)54/h6-11,13-22,24-35H,12,23H2,1-5H3/b17-6-,36-32+. The van der Waals surface area contributed by atoms with Gasteiger partial charge in [-0.3, -0.25) is 0 Å². The van der Waals surface area contributed by atoms with Crippen LogP contribution in [0.25, 0.3) is 33.4 Å². The van der Waals surface area contributed by atoms with E-state index < -0.39 is 5.41 Å². The lowest BCUT2D eigenvalue weighted by atomic mass is 9.70. The summed E-state index contributed by atoms with van der Waals surface area (Å²) in [5, 5.41) is 0. The third-order valence-corrected chi connectivity index (χ3v) is 12.7. The number of anilines is 3. The van der Waals surface area contributed by atoms with Gasteiger partial charge in [-0.15, -0.1) is 0 Å². The molecule has 0 saturated heterocycles. The van der Waals surface area contributed by atoms with Crippen LogP contribution < -0.4 is 4.90 Å².